The van der Waals surface area contributed by atoms with Crippen LogP contribution >= 0.6 is 27.3 Å². The van der Waals surface area contributed by atoms with Gasteiger partial charge < -0.3 is 5.32 Å². The predicted octanol–water partition coefficient (Wildman–Crippen LogP) is 2.99. The van der Waals surface area contributed by atoms with Crippen LogP contribution in [0.4, 0.5) is 5.82 Å². The van der Waals surface area contributed by atoms with Gasteiger partial charge in [0.1, 0.15) is 10.7 Å². The second-order valence-electron chi connectivity index (χ2n) is 4.30. The molecule has 8 heteroatoms. The third kappa shape index (κ3) is 3.82. The Hall–Kier alpha value is -0.960. The molecule has 2 aromatic heterocycles. The van der Waals surface area contributed by atoms with Crippen LogP contribution in [0.1, 0.15) is 17.4 Å². The Balaban J connectivity index is 2.25. The summed E-state index contributed by atoms with van der Waals surface area (Å²) in [4.78, 5) is 5.24. The lowest BCUT2D eigenvalue weighted by molar-refractivity contribution is 0.581. The molecule has 0 fully saturated rings. The van der Waals surface area contributed by atoms with Crippen LogP contribution in [0.5, 0.6) is 0 Å². The van der Waals surface area contributed by atoms with Gasteiger partial charge in [0, 0.05) is 29.1 Å². The maximum Gasteiger partial charge on any atom is 0.244 e. The van der Waals surface area contributed by atoms with E-state index in [1.165, 1.54) is 11.6 Å². The van der Waals surface area contributed by atoms with Crippen LogP contribution in [0.3, 0.4) is 0 Å². The van der Waals surface area contributed by atoms with Crippen LogP contribution in [-0.4, -0.2) is 20.4 Å². The van der Waals surface area contributed by atoms with E-state index in [1.807, 2.05) is 11.4 Å². The van der Waals surface area contributed by atoms with Gasteiger partial charge in [-0.25, -0.2) is 18.1 Å². The molecule has 0 aliphatic rings. The molecule has 0 amide bonds. The van der Waals surface area contributed by atoms with Crippen LogP contribution in [0.2, 0.25) is 0 Å². The fourth-order valence-corrected chi connectivity index (χ4v) is 4.56. The zero-order valence-corrected chi connectivity index (χ0v) is 14.9. The molecule has 114 valence electrons. The van der Waals surface area contributed by atoms with Gasteiger partial charge in [0.2, 0.25) is 10.0 Å². The summed E-state index contributed by atoms with van der Waals surface area (Å²) in [6, 6.07) is 3.56. The first-order chi connectivity index (χ1) is 9.97. The van der Waals surface area contributed by atoms with Crippen molar-refractivity contribution in [2.24, 2.45) is 0 Å². The largest absolute Gasteiger partial charge is 0.372 e. The van der Waals surface area contributed by atoms with E-state index < -0.39 is 10.0 Å². The molecule has 0 spiro atoms. The summed E-state index contributed by atoms with van der Waals surface area (Å²) in [7, 11) is -1.98. The lowest BCUT2D eigenvalue weighted by Crippen LogP contribution is -2.24. The van der Waals surface area contributed by atoms with E-state index in [4.69, 9.17) is 0 Å². The molecule has 0 atom stereocenters. The van der Waals surface area contributed by atoms with Gasteiger partial charge in [0.25, 0.3) is 0 Å². The van der Waals surface area contributed by atoms with Gasteiger partial charge in [0.05, 0.1) is 0 Å². The van der Waals surface area contributed by atoms with Crippen molar-refractivity contribution in [2.75, 3.05) is 12.4 Å². The Morgan fingerprint density at radius 1 is 1.43 bits per heavy atom. The minimum atomic E-state index is -3.62. The lowest BCUT2D eigenvalue weighted by atomic mass is 10.2. The number of nitrogens with one attached hydrogen (secondary N) is 2. The summed E-state index contributed by atoms with van der Waals surface area (Å²) in [6.45, 7) is 2.34. The summed E-state index contributed by atoms with van der Waals surface area (Å²) < 4.78 is 28.2. The fourth-order valence-electron chi connectivity index (χ4n) is 1.89. The minimum absolute atomic E-state index is 0.133. The van der Waals surface area contributed by atoms with E-state index >= 15 is 0 Å². The molecule has 0 saturated carbocycles. The Morgan fingerprint density at radius 3 is 2.86 bits per heavy atom. The topological polar surface area (TPSA) is 71.1 Å². The summed E-state index contributed by atoms with van der Waals surface area (Å²) in [5.41, 5.74) is 1.17. The molecule has 0 saturated heterocycles. The maximum absolute atomic E-state index is 12.5. The monoisotopic (exact) mass is 389 g/mol. The molecule has 0 aromatic carbocycles. The highest BCUT2D eigenvalue weighted by Crippen LogP contribution is 2.23. The number of aryl methyl sites for hydroxylation is 1. The second kappa shape index (κ2) is 6.87. The summed E-state index contributed by atoms with van der Waals surface area (Å²) >= 11 is 4.81. The van der Waals surface area contributed by atoms with Crippen molar-refractivity contribution < 1.29 is 8.42 Å². The quantitative estimate of drug-likeness (QED) is 0.796. The first kappa shape index (κ1) is 16.4. The van der Waals surface area contributed by atoms with Gasteiger partial charge in [-0.15, -0.1) is 11.3 Å². The molecule has 0 bridgehead atoms. The van der Waals surface area contributed by atoms with Crippen molar-refractivity contribution in [1.82, 2.24) is 9.71 Å². The zero-order valence-electron chi connectivity index (χ0n) is 11.7. The number of hydrogen-bond acceptors (Lipinski definition) is 5. The number of thiophene rings is 1. The van der Waals surface area contributed by atoms with Crippen molar-refractivity contribution in [3.63, 3.8) is 0 Å². The third-order valence-electron chi connectivity index (χ3n) is 2.99. The number of rotatable bonds is 6. The second-order valence-corrected chi connectivity index (χ2v) is 7.95. The van der Waals surface area contributed by atoms with Gasteiger partial charge in [-0.3, -0.25) is 0 Å². The van der Waals surface area contributed by atoms with Crippen LogP contribution < -0.4 is 10.0 Å². The molecule has 2 aromatic rings. The Bertz CT molecular complexity index is 729. The van der Waals surface area contributed by atoms with E-state index in [0.29, 0.717) is 16.8 Å². The number of anilines is 1. The molecule has 0 unspecified atom stereocenters. The first-order valence-corrected chi connectivity index (χ1v) is 9.51. The SMILES string of the molecule is CCc1ccsc1CNS(=O)(=O)c1cc(Br)cnc1NC. The molecular formula is C13H16BrN3O2S2. The van der Waals surface area contributed by atoms with E-state index in [1.54, 1.807) is 24.6 Å². The average Bonchev–Trinajstić information content (AvgIpc) is 2.92. The molecule has 2 rings (SSSR count). The van der Waals surface area contributed by atoms with Crippen molar-refractivity contribution in [3.05, 3.63) is 38.6 Å². The van der Waals surface area contributed by atoms with E-state index in [9.17, 15) is 8.42 Å². The van der Waals surface area contributed by atoms with Crippen molar-refractivity contribution in [3.8, 4) is 0 Å². The van der Waals surface area contributed by atoms with Gasteiger partial charge in [-0.05, 0) is 45.4 Å². The minimum Gasteiger partial charge on any atom is -0.372 e. The van der Waals surface area contributed by atoms with Crippen molar-refractivity contribution >= 4 is 43.1 Å². The highest BCUT2D eigenvalue weighted by atomic mass is 79.9. The highest BCUT2D eigenvalue weighted by Gasteiger charge is 2.20. The molecule has 2 heterocycles. The van der Waals surface area contributed by atoms with E-state index in [-0.39, 0.29) is 4.90 Å². The lowest BCUT2D eigenvalue weighted by Gasteiger charge is -2.11. The number of hydrogen-bond donors (Lipinski definition) is 2. The van der Waals surface area contributed by atoms with Crippen LogP contribution in [0.15, 0.2) is 33.1 Å². The molecule has 21 heavy (non-hydrogen) atoms. The van der Waals surface area contributed by atoms with Crippen LogP contribution in [0, 0.1) is 0 Å². The van der Waals surface area contributed by atoms with Crippen molar-refractivity contribution in [1.29, 1.82) is 0 Å². The molecule has 2 N–H and O–H groups in total. The fraction of sp³-hybridized carbons (Fsp3) is 0.308. The number of sulfonamides is 1. The van der Waals surface area contributed by atoms with Crippen molar-refractivity contribution in [2.45, 2.75) is 24.8 Å². The average molecular weight is 390 g/mol. The molecule has 5 nitrogen and oxygen atoms in total. The summed E-state index contributed by atoms with van der Waals surface area (Å²) in [5.74, 6) is 0.326. The Morgan fingerprint density at radius 2 is 2.19 bits per heavy atom. The normalized spacial score (nSPS) is 11.6. The number of aromatic nitrogens is 1. The van der Waals surface area contributed by atoms with Crippen LogP contribution in [0.25, 0.3) is 0 Å². The van der Waals surface area contributed by atoms with Gasteiger partial charge in [0.15, 0.2) is 0 Å². The van der Waals surface area contributed by atoms with Crippen LogP contribution in [-0.2, 0) is 23.0 Å². The predicted molar refractivity (Wildman–Crippen MR) is 89.2 cm³/mol. The number of pyridine rings is 1. The maximum atomic E-state index is 12.5. The van der Waals surface area contributed by atoms with Gasteiger partial charge >= 0.3 is 0 Å². The van der Waals surface area contributed by atoms with Gasteiger partial charge in [-0.2, -0.15) is 0 Å². The molecular weight excluding hydrogens is 374 g/mol. The number of halogens is 1. The molecule has 0 aliphatic heterocycles. The third-order valence-corrected chi connectivity index (χ3v) is 5.80. The zero-order chi connectivity index (χ0) is 15.5. The molecule has 0 aliphatic carbocycles. The first-order valence-electron chi connectivity index (χ1n) is 6.36. The Kier molecular flexibility index (Phi) is 5.37. The standard InChI is InChI=1S/C13H16BrN3O2S2/c1-3-9-4-5-20-11(9)8-17-21(18,19)12-6-10(14)7-16-13(12)15-2/h4-7,17H,3,8H2,1-2H3,(H,15,16). The Labute approximate surface area is 137 Å². The van der Waals surface area contributed by atoms with E-state index in [2.05, 4.69) is 37.9 Å². The number of nitrogens with zero attached hydrogens (tertiary/aromatic N) is 1. The smallest absolute Gasteiger partial charge is 0.244 e. The highest BCUT2D eigenvalue weighted by molar-refractivity contribution is 9.10. The summed E-state index contributed by atoms with van der Waals surface area (Å²) in [5, 5.41) is 4.77. The summed E-state index contributed by atoms with van der Waals surface area (Å²) in [6.07, 6.45) is 2.44. The van der Waals surface area contributed by atoms with Gasteiger partial charge in [-0.1, -0.05) is 6.92 Å². The van der Waals surface area contributed by atoms with E-state index in [0.717, 1.165) is 11.3 Å². The molecule has 0 radical (unpaired) electrons.